The van der Waals surface area contributed by atoms with E-state index in [1.807, 2.05) is 27.7 Å². The Balaban J connectivity index is 2.82. The maximum absolute atomic E-state index is 12.4. The van der Waals surface area contributed by atoms with Crippen molar-refractivity contribution >= 4 is 11.6 Å². The molecule has 24 heavy (non-hydrogen) atoms. The fourth-order valence-electron chi connectivity index (χ4n) is 2.28. The maximum Gasteiger partial charge on any atom is 0.314 e. The summed E-state index contributed by atoms with van der Waals surface area (Å²) in [5.41, 5.74) is -0.221. The standard InChI is InChI=1S/C17H26N2O5/c1-12(2)9-18(10-13(3)4)17(20)11-24-16-7-6-14(23-5)8-15(16)19(21)22/h6-8,12-13H,9-11H2,1-5H3. The molecule has 0 saturated carbocycles. The fraction of sp³-hybridized carbons (Fsp3) is 0.588. The average Bonchev–Trinajstić information content (AvgIpc) is 2.50. The van der Waals surface area contributed by atoms with Gasteiger partial charge >= 0.3 is 5.69 Å². The molecule has 0 atom stereocenters. The Bertz CT molecular complexity index is 562. The van der Waals surface area contributed by atoms with Crippen molar-refractivity contribution < 1.29 is 19.2 Å². The van der Waals surface area contributed by atoms with Crippen LogP contribution in [0.5, 0.6) is 11.5 Å². The van der Waals surface area contributed by atoms with E-state index in [0.717, 1.165) is 0 Å². The number of hydrogen-bond donors (Lipinski definition) is 0. The average molecular weight is 338 g/mol. The second-order valence-electron chi connectivity index (χ2n) is 6.47. The molecule has 134 valence electrons. The number of rotatable bonds is 9. The van der Waals surface area contributed by atoms with Crippen LogP contribution in [0.1, 0.15) is 27.7 Å². The Hall–Kier alpha value is -2.31. The second-order valence-corrected chi connectivity index (χ2v) is 6.47. The Labute approximate surface area is 142 Å². The predicted molar refractivity (Wildman–Crippen MR) is 91.4 cm³/mol. The van der Waals surface area contributed by atoms with Gasteiger partial charge in [-0.3, -0.25) is 14.9 Å². The Morgan fingerprint density at radius 3 is 2.25 bits per heavy atom. The molecule has 7 nitrogen and oxygen atoms in total. The third kappa shape index (κ3) is 6.06. The van der Waals surface area contributed by atoms with E-state index in [-0.39, 0.29) is 24.0 Å². The molecular weight excluding hydrogens is 312 g/mol. The molecule has 0 saturated heterocycles. The number of methoxy groups -OCH3 is 1. The third-order valence-corrected chi connectivity index (χ3v) is 3.24. The monoisotopic (exact) mass is 338 g/mol. The zero-order valence-electron chi connectivity index (χ0n) is 14.9. The minimum Gasteiger partial charge on any atom is -0.496 e. The highest BCUT2D eigenvalue weighted by atomic mass is 16.6. The largest absolute Gasteiger partial charge is 0.496 e. The van der Waals surface area contributed by atoms with Gasteiger partial charge in [0.15, 0.2) is 12.4 Å². The van der Waals surface area contributed by atoms with Crippen LogP contribution in [-0.4, -0.2) is 42.5 Å². The van der Waals surface area contributed by atoms with Gasteiger partial charge in [-0.1, -0.05) is 27.7 Å². The highest BCUT2D eigenvalue weighted by molar-refractivity contribution is 5.78. The molecule has 1 aromatic rings. The van der Waals surface area contributed by atoms with Gasteiger partial charge in [0.2, 0.25) is 0 Å². The van der Waals surface area contributed by atoms with Crippen molar-refractivity contribution in [3.63, 3.8) is 0 Å². The first-order valence-corrected chi connectivity index (χ1v) is 7.97. The Morgan fingerprint density at radius 2 is 1.79 bits per heavy atom. The van der Waals surface area contributed by atoms with Gasteiger partial charge in [0, 0.05) is 13.1 Å². The van der Waals surface area contributed by atoms with E-state index in [4.69, 9.17) is 9.47 Å². The molecule has 1 amide bonds. The van der Waals surface area contributed by atoms with Crippen molar-refractivity contribution in [2.45, 2.75) is 27.7 Å². The smallest absolute Gasteiger partial charge is 0.314 e. The van der Waals surface area contributed by atoms with Crippen molar-refractivity contribution in [2.75, 3.05) is 26.8 Å². The Morgan fingerprint density at radius 1 is 1.21 bits per heavy atom. The zero-order chi connectivity index (χ0) is 18.3. The summed E-state index contributed by atoms with van der Waals surface area (Å²) in [5.74, 6) is 0.915. The van der Waals surface area contributed by atoms with Crippen molar-refractivity contribution in [3.05, 3.63) is 28.3 Å². The minimum absolute atomic E-state index is 0.0585. The highest BCUT2D eigenvalue weighted by Crippen LogP contribution is 2.31. The van der Waals surface area contributed by atoms with Gasteiger partial charge in [0.05, 0.1) is 18.1 Å². The number of nitrogens with zero attached hydrogens (tertiary/aromatic N) is 2. The molecule has 0 aliphatic carbocycles. The van der Waals surface area contributed by atoms with Crippen LogP contribution >= 0.6 is 0 Å². The summed E-state index contributed by atoms with van der Waals surface area (Å²) in [6.07, 6.45) is 0. The van der Waals surface area contributed by atoms with Crippen molar-refractivity contribution in [2.24, 2.45) is 11.8 Å². The van der Waals surface area contributed by atoms with Gasteiger partial charge < -0.3 is 14.4 Å². The van der Waals surface area contributed by atoms with Crippen LogP contribution in [0.3, 0.4) is 0 Å². The molecule has 0 heterocycles. The van der Waals surface area contributed by atoms with Gasteiger partial charge in [0.25, 0.3) is 5.91 Å². The maximum atomic E-state index is 12.4. The summed E-state index contributed by atoms with van der Waals surface area (Å²) in [5, 5.41) is 11.1. The van der Waals surface area contributed by atoms with E-state index >= 15 is 0 Å². The summed E-state index contributed by atoms with van der Waals surface area (Å²) in [6.45, 7) is 9.18. The number of carbonyl (C=O) groups is 1. The number of benzene rings is 1. The molecule has 0 spiro atoms. The van der Waals surface area contributed by atoms with E-state index in [2.05, 4.69) is 0 Å². The number of carbonyl (C=O) groups excluding carboxylic acids is 1. The minimum atomic E-state index is -0.553. The van der Waals surface area contributed by atoms with E-state index in [1.165, 1.54) is 19.2 Å². The van der Waals surface area contributed by atoms with Crippen molar-refractivity contribution in [3.8, 4) is 11.5 Å². The first-order valence-electron chi connectivity index (χ1n) is 7.97. The molecule has 0 N–H and O–H groups in total. The molecule has 0 unspecified atom stereocenters. The molecule has 0 aliphatic rings. The number of nitro groups is 1. The van der Waals surface area contributed by atoms with Crippen LogP contribution in [-0.2, 0) is 4.79 Å². The summed E-state index contributed by atoms with van der Waals surface area (Å²) < 4.78 is 10.4. The van der Waals surface area contributed by atoms with Crippen LogP contribution in [0.25, 0.3) is 0 Å². The number of hydrogen-bond acceptors (Lipinski definition) is 5. The van der Waals surface area contributed by atoms with E-state index in [1.54, 1.807) is 11.0 Å². The van der Waals surface area contributed by atoms with Crippen molar-refractivity contribution in [1.82, 2.24) is 4.90 Å². The lowest BCUT2D eigenvalue weighted by Gasteiger charge is -2.26. The van der Waals surface area contributed by atoms with E-state index in [0.29, 0.717) is 30.7 Å². The van der Waals surface area contributed by atoms with Gasteiger partial charge in [-0.05, 0) is 24.0 Å². The summed E-state index contributed by atoms with van der Waals surface area (Å²) >= 11 is 0. The lowest BCUT2D eigenvalue weighted by Crippen LogP contribution is -2.39. The quantitative estimate of drug-likeness (QED) is 0.510. The first-order chi connectivity index (χ1) is 11.2. The van der Waals surface area contributed by atoms with Crippen LogP contribution < -0.4 is 9.47 Å². The lowest BCUT2D eigenvalue weighted by atomic mass is 10.1. The second kappa shape index (κ2) is 9.10. The van der Waals surface area contributed by atoms with Crippen LogP contribution in [0, 0.1) is 22.0 Å². The molecule has 0 fully saturated rings. The normalized spacial score (nSPS) is 10.8. The number of nitro benzene ring substituents is 1. The molecule has 7 heteroatoms. The predicted octanol–water partition coefficient (Wildman–Crippen LogP) is 3.12. The molecule has 0 bridgehead atoms. The van der Waals surface area contributed by atoms with Crippen LogP contribution in [0.4, 0.5) is 5.69 Å². The summed E-state index contributed by atoms with van der Waals surface area (Å²) in [6, 6.07) is 4.28. The van der Waals surface area contributed by atoms with E-state index < -0.39 is 4.92 Å². The van der Waals surface area contributed by atoms with Gasteiger partial charge in [-0.25, -0.2) is 0 Å². The molecular formula is C17H26N2O5. The fourth-order valence-corrected chi connectivity index (χ4v) is 2.28. The van der Waals surface area contributed by atoms with Crippen LogP contribution in [0.2, 0.25) is 0 Å². The molecule has 0 radical (unpaired) electrons. The van der Waals surface area contributed by atoms with Crippen molar-refractivity contribution in [1.29, 1.82) is 0 Å². The van der Waals surface area contributed by atoms with Gasteiger partial charge in [0.1, 0.15) is 5.75 Å². The molecule has 1 aromatic carbocycles. The zero-order valence-corrected chi connectivity index (χ0v) is 14.9. The summed E-state index contributed by atoms with van der Waals surface area (Å²) in [7, 11) is 1.43. The van der Waals surface area contributed by atoms with E-state index in [9.17, 15) is 14.9 Å². The van der Waals surface area contributed by atoms with Gasteiger partial charge in [-0.15, -0.1) is 0 Å². The highest BCUT2D eigenvalue weighted by Gasteiger charge is 2.20. The molecule has 1 rings (SSSR count). The van der Waals surface area contributed by atoms with Gasteiger partial charge in [-0.2, -0.15) is 0 Å². The SMILES string of the molecule is COc1ccc(OCC(=O)N(CC(C)C)CC(C)C)c([N+](=O)[O-])c1. The molecule has 0 aromatic heterocycles. The number of ether oxygens (including phenoxy) is 2. The Kier molecular flexibility index (Phi) is 7.48. The third-order valence-electron chi connectivity index (χ3n) is 3.24. The van der Waals surface area contributed by atoms with Crippen LogP contribution in [0.15, 0.2) is 18.2 Å². The number of amides is 1. The summed E-state index contributed by atoms with van der Waals surface area (Å²) in [4.78, 5) is 24.7. The lowest BCUT2D eigenvalue weighted by molar-refractivity contribution is -0.385. The molecule has 0 aliphatic heterocycles. The first kappa shape index (κ1) is 19.7. The topological polar surface area (TPSA) is 81.9 Å².